The highest BCUT2D eigenvalue weighted by Gasteiger charge is 2.42. The molecule has 1 unspecified atom stereocenters. The molecule has 1 atom stereocenters. The summed E-state index contributed by atoms with van der Waals surface area (Å²) < 4.78 is 6.61. The highest BCUT2D eigenvalue weighted by molar-refractivity contribution is 6.03. The molecule has 0 saturated carbocycles. The summed E-state index contributed by atoms with van der Waals surface area (Å²) in [6.07, 6.45) is 3.23. The number of nitrogens with one attached hydrogen (secondary N) is 1. The van der Waals surface area contributed by atoms with E-state index in [0.717, 1.165) is 52.2 Å². The summed E-state index contributed by atoms with van der Waals surface area (Å²) in [4.78, 5) is 13.8. The molecule has 3 heteroatoms. The minimum atomic E-state index is -0.454. The predicted molar refractivity (Wildman–Crippen MR) is 130 cm³/mol. The quantitative estimate of drug-likeness (QED) is 0.492. The monoisotopic (exact) mass is 421 g/mol. The number of fused-ring (bicyclic) bond motifs is 1. The predicted octanol–water partition coefficient (Wildman–Crippen LogP) is 7.01. The van der Waals surface area contributed by atoms with Crippen molar-refractivity contribution < 1.29 is 9.53 Å². The number of benzene rings is 3. The molecule has 2 aliphatic rings. The Morgan fingerprint density at radius 1 is 0.875 bits per heavy atom. The summed E-state index contributed by atoms with van der Waals surface area (Å²) >= 11 is 0. The molecule has 32 heavy (non-hydrogen) atoms. The average molecular weight is 422 g/mol. The molecule has 3 nitrogen and oxygen atoms in total. The Kier molecular flexibility index (Phi) is 5.18. The topological polar surface area (TPSA) is 38.3 Å². The van der Waals surface area contributed by atoms with Gasteiger partial charge in [-0.2, -0.15) is 0 Å². The van der Waals surface area contributed by atoms with Crippen LogP contribution in [0.2, 0.25) is 0 Å². The zero-order valence-corrected chi connectivity index (χ0v) is 18.5. The Morgan fingerprint density at radius 2 is 1.53 bits per heavy atom. The standard InChI is InChI=1S/C29H27NO2/c1-29(2)18-17-24(30-22-14-7-4-8-15-22)26(28(29)31)27-23-16-10-9-13-21(23)19-25(32-27)20-11-5-3-6-12-20/h3-16,19,27,30H,17-18H2,1-2H3. The molecule has 0 saturated heterocycles. The number of carbonyl (C=O) groups is 1. The Morgan fingerprint density at radius 3 is 2.28 bits per heavy atom. The van der Waals surface area contributed by atoms with Crippen LogP contribution in [0.5, 0.6) is 0 Å². The lowest BCUT2D eigenvalue weighted by molar-refractivity contribution is -0.125. The zero-order chi connectivity index (χ0) is 22.1. The molecule has 0 spiro atoms. The molecule has 0 radical (unpaired) electrons. The van der Waals surface area contributed by atoms with Gasteiger partial charge < -0.3 is 10.1 Å². The number of hydrogen-bond acceptors (Lipinski definition) is 3. The minimum Gasteiger partial charge on any atom is -0.480 e. The first-order valence-electron chi connectivity index (χ1n) is 11.2. The van der Waals surface area contributed by atoms with Crippen LogP contribution in [0.4, 0.5) is 5.69 Å². The van der Waals surface area contributed by atoms with Crippen LogP contribution in [-0.4, -0.2) is 5.78 Å². The molecule has 0 aromatic heterocycles. The van der Waals surface area contributed by atoms with Crippen LogP contribution >= 0.6 is 0 Å². The Hall–Kier alpha value is -3.59. The van der Waals surface area contributed by atoms with Gasteiger partial charge in [-0.1, -0.05) is 86.6 Å². The number of allylic oxidation sites excluding steroid dienone is 1. The lowest BCUT2D eigenvalue weighted by Crippen LogP contribution is -2.35. The van der Waals surface area contributed by atoms with Crippen LogP contribution in [0.15, 0.2) is 96.2 Å². The van der Waals surface area contributed by atoms with Gasteiger partial charge in [0.25, 0.3) is 0 Å². The summed E-state index contributed by atoms with van der Waals surface area (Å²) in [5.74, 6) is 0.938. The molecule has 0 amide bonds. The molecule has 0 fully saturated rings. The van der Waals surface area contributed by atoms with Gasteiger partial charge >= 0.3 is 0 Å². The fourth-order valence-corrected chi connectivity index (χ4v) is 4.51. The first kappa shape index (κ1) is 20.3. The Labute approximate surface area is 189 Å². The molecule has 1 aliphatic carbocycles. The molecule has 0 bridgehead atoms. The van der Waals surface area contributed by atoms with Crippen molar-refractivity contribution in [2.24, 2.45) is 5.41 Å². The molecular weight excluding hydrogens is 394 g/mol. The van der Waals surface area contributed by atoms with Gasteiger partial charge in [0, 0.05) is 27.9 Å². The van der Waals surface area contributed by atoms with Crippen molar-refractivity contribution >= 4 is 23.3 Å². The summed E-state index contributed by atoms with van der Waals surface area (Å²) in [5.41, 5.74) is 5.37. The molecule has 3 aromatic rings. The van der Waals surface area contributed by atoms with E-state index >= 15 is 0 Å². The van der Waals surface area contributed by atoms with Crippen molar-refractivity contribution in [3.63, 3.8) is 0 Å². The van der Waals surface area contributed by atoms with Gasteiger partial charge in [-0.15, -0.1) is 0 Å². The Bertz CT molecular complexity index is 1210. The van der Waals surface area contributed by atoms with Crippen molar-refractivity contribution in [1.82, 2.24) is 0 Å². The number of carbonyl (C=O) groups excluding carboxylic acids is 1. The second kappa shape index (κ2) is 8.16. The van der Waals surface area contributed by atoms with Crippen molar-refractivity contribution in [3.05, 3.63) is 113 Å². The maximum Gasteiger partial charge on any atom is 0.170 e. The third-order valence-corrected chi connectivity index (χ3v) is 6.38. The van der Waals surface area contributed by atoms with E-state index in [0.29, 0.717) is 0 Å². The first-order chi connectivity index (χ1) is 15.5. The number of rotatable bonds is 4. The number of ether oxygens (including phenoxy) is 1. The van der Waals surface area contributed by atoms with E-state index in [1.165, 1.54) is 0 Å². The van der Waals surface area contributed by atoms with Gasteiger partial charge in [-0.05, 0) is 36.6 Å². The summed E-state index contributed by atoms with van der Waals surface area (Å²) in [5, 5.41) is 3.54. The van der Waals surface area contributed by atoms with Crippen molar-refractivity contribution in [1.29, 1.82) is 0 Å². The van der Waals surface area contributed by atoms with E-state index in [2.05, 4.69) is 23.5 Å². The van der Waals surface area contributed by atoms with E-state index < -0.39 is 11.5 Å². The molecule has 1 aliphatic heterocycles. The number of hydrogen-bond donors (Lipinski definition) is 1. The molecule has 1 heterocycles. The zero-order valence-electron chi connectivity index (χ0n) is 18.5. The van der Waals surface area contributed by atoms with Crippen LogP contribution in [0.25, 0.3) is 11.8 Å². The second-order valence-corrected chi connectivity index (χ2v) is 9.10. The van der Waals surface area contributed by atoms with Crippen LogP contribution in [0.1, 0.15) is 49.5 Å². The smallest absolute Gasteiger partial charge is 0.170 e. The molecule has 5 rings (SSSR count). The van der Waals surface area contributed by atoms with Gasteiger partial charge in [0.15, 0.2) is 11.9 Å². The fourth-order valence-electron chi connectivity index (χ4n) is 4.51. The van der Waals surface area contributed by atoms with E-state index in [1.807, 2.05) is 86.6 Å². The number of ketones is 1. The highest BCUT2D eigenvalue weighted by Crippen LogP contribution is 2.46. The molecule has 1 N–H and O–H groups in total. The SMILES string of the molecule is CC1(C)CCC(Nc2ccccc2)=C(C2OC(c3ccccc3)=Cc3ccccc32)C1=O. The van der Waals surface area contributed by atoms with Crippen LogP contribution < -0.4 is 5.32 Å². The van der Waals surface area contributed by atoms with E-state index in [4.69, 9.17) is 4.74 Å². The van der Waals surface area contributed by atoms with Gasteiger partial charge in [-0.3, -0.25) is 4.79 Å². The highest BCUT2D eigenvalue weighted by atomic mass is 16.5. The van der Waals surface area contributed by atoms with Crippen molar-refractivity contribution in [2.45, 2.75) is 32.8 Å². The molecule has 160 valence electrons. The normalized spacial score (nSPS) is 19.6. The van der Waals surface area contributed by atoms with Crippen LogP contribution in [0, 0.1) is 5.41 Å². The largest absolute Gasteiger partial charge is 0.480 e. The number of para-hydroxylation sites is 1. The summed E-state index contributed by atoms with van der Waals surface area (Å²) in [7, 11) is 0. The minimum absolute atomic E-state index is 0.149. The lowest BCUT2D eigenvalue weighted by Gasteiger charge is -2.37. The third kappa shape index (κ3) is 3.75. The summed E-state index contributed by atoms with van der Waals surface area (Å²) in [6.45, 7) is 4.08. The fraction of sp³-hybridized carbons (Fsp3) is 0.207. The van der Waals surface area contributed by atoms with Gasteiger partial charge in [0.2, 0.25) is 0 Å². The van der Waals surface area contributed by atoms with E-state index in [-0.39, 0.29) is 5.78 Å². The van der Waals surface area contributed by atoms with E-state index in [9.17, 15) is 4.79 Å². The second-order valence-electron chi connectivity index (χ2n) is 9.10. The van der Waals surface area contributed by atoms with Crippen molar-refractivity contribution in [2.75, 3.05) is 5.32 Å². The number of anilines is 1. The molecular formula is C29H27NO2. The van der Waals surface area contributed by atoms with Gasteiger partial charge in [0.05, 0.1) is 5.57 Å². The lowest BCUT2D eigenvalue weighted by atomic mass is 9.72. The Balaban J connectivity index is 1.65. The third-order valence-electron chi connectivity index (χ3n) is 6.38. The van der Waals surface area contributed by atoms with Crippen LogP contribution in [0.3, 0.4) is 0 Å². The summed E-state index contributed by atoms with van der Waals surface area (Å²) in [6, 6.07) is 28.4. The van der Waals surface area contributed by atoms with Gasteiger partial charge in [-0.25, -0.2) is 0 Å². The van der Waals surface area contributed by atoms with E-state index in [1.54, 1.807) is 0 Å². The maximum absolute atomic E-state index is 13.8. The van der Waals surface area contributed by atoms with Crippen molar-refractivity contribution in [3.8, 4) is 0 Å². The maximum atomic E-state index is 13.8. The number of Topliss-reactive ketones (excluding diaryl/α,β-unsaturated/α-hetero) is 1. The average Bonchev–Trinajstić information content (AvgIpc) is 2.83. The first-order valence-corrected chi connectivity index (χ1v) is 11.2. The van der Waals surface area contributed by atoms with Crippen LogP contribution in [-0.2, 0) is 9.53 Å². The van der Waals surface area contributed by atoms with Gasteiger partial charge in [0.1, 0.15) is 5.76 Å². The molecule has 3 aromatic carbocycles.